The minimum Gasteiger partial charge on any atom is -0.469 e. The van der Waals surface area contributed by atoms with Crippen molar-refractivity contribution in [1.82, 2.24) is 16.0 Å². The van der Waals surface area contributed by atoms with Gasteiger partial charge in [-0.2, -0.15) is 0 Å². The fourth-order valence-corrected chi connectivity index (χ4v) is 5.35. The standard InChI is InChI=1S/C38H49N3O8/c1-25(2)32(41-36(45)48-24-28-20-14-9-15-21-28)34(43)39-30(23-27-18-12-8-13-19-27)33(42)31(35(44)47-6)29(22-26-16-10-7-11-17-26)40-37(46)49-38(3,4)5/h7-21,25,29-33,42H,22-24H2,1-6H3,(H,39,43)(H,40,46)(H,41,45)/t29-,30-,31-,32-,33-/m0/s1. The van der Waals surface area contributed by atoms with Crippen LogP contribution < -0.4 is 16.0 Å². The molecule has 0 bridgehead atoms. The second-order valence-electron chi connectivity index (χ2n) is 13.2. The van der Waals surface area contributed by atoms with Gasteiger partial charge in [0.1, 0.15) is 24.2 Å². The highest BCUT2D eigenvalue weighted by Crippen LogP contribution is 2.23. The molecule has 49 heavy (non-hydrogen) atoms. The van der Waals surface area contributed by atoms with Crippen LogP contribution in [-0.2, 0) is 43.2 Å². The van der Waals surface area contributed by atoms with Gasteiger partial charge in [-0.05, 0) is 56.2 Å². The van der Waals surface area contributed by atoms with Gasteiger partial charge in [0.25, 0.3) is 0 Å². The van der Waals surface area contributed by atoms with Crippen LogP contribution in [0.5, 0.6) is 0 Å². The summed E-state index contributed by atoms with van der Waals surface area (Å²) in [6.07, 6.45) is -2.86. The van der Waals surface area contributed by atoms with E-state index in [2.05, 4.69) is 16.0 Å². The number of ether oxygens (including phenoxy) is 3. The van der Waals surface area contributed by atoms with E-state index in [1.165, 1.54) is 7.11 Å². The molecular weight excluding hydrogens is 626 g/mol. The molecule has 3 rings (SSSR count). The highest BCUT2D eigenvalue weighted by Gasteiger charge is 2.42. The molecule has 0 aromatic heterocycles. The summed E-state index contributed by atoms with van der Waals surface area (Å²) in [5.41, 5.74) is 1.51. The predicted octanol–water partition coefficient (Wildman–Crippen LogP) is 4.95. The van der Waals surface area contributed by atoms with E-state index in [0.717, 1.165) is 16.7 Å². The normalized spacial score (nSPS) is 14.4. The monoisotopic (exact) mass is 675 g/mol. The molecule has 0 radical (unpaired) electrons. The maximum Gasteiger partial charge on any atom is 0.408 e. The van der Waals surface area contributed by atoms with Crippen LogP contribution >= 0.6 is 0 Å². The summed E-state index contributed by atoms with van der Waals surface area (Å²) in [5, 5.41) is 20.4. The smallest absolute Gasteiger partial charge is 0.408 e. The number of benzene rings is 3. The second kappa shape index (κ2) is 18.6. The van der Waals surface area contributed by atoms with E-state index in [-0.39, 0.29) is 25.4 Å². The van der Waals surface area contributed by atoms with Crippen LogP contribution in [0.4, 0.5) is 9.59 Å². The number of nitrogens with one attached hydrogen (secondary N) is 3. The molecule has 0 aliphatic carbocycles. The fraction of sp³-hybridized carbons (Fsp3) is 0.421. The van der Waals surface area contributed by atoms with Gasteiger partial charge >= 0.3 is 18.2 Å². The Kier molecular flexibility index (Phi) is 14.6. The molecular formula is C38H49N3O8. The first-order valence-electron chi connectivity index (χ1n) is 16.4. The zero-order chi connectivity index (χ0) is 36.0. The van der Waals surface area contributed by atoms with Crippen LogP contribution in [-0.4, -0.2) is 66.1 Å². The zero-order valence-electron chi connectivity index (χ0n) is 29.1. The number of carbonyl (C=O) groups excluding carboxylic acids is 4. The largest absolute Gasteiger partial charge is 0.469 e. The van der Waals surface area contributed by atoms with Gasteiger partial charge in [-0.25, -0.2) is 9.59 Å². The molecule has 0 aliphatic heterocycles. The van der Waals surface area contributed by atoms with Crippen molar-refractivity contribution >= 4 is 24.1 Å². The maximum absolute atomic E-state index is 13.9. The van der Waals surface area contributed by atoms with Gasteiger partial charge in [-0.15, -0.1) is 0 Å². The van der Waals surface area contributed by atoms with Crippen molar-refractivity contribution in [2.45, 2.75) is 83.9 Å². The molecule has 3 aromatic carbocycles. The molecule has 0 saturated heterocycles. The van der Waals surface area contributed by atoms with E-state index in [4.69, 9.17) is 14.2 Å². The average Bonchev–Trinajstić information content (AvgIpc) is 3.06. The Morgan fingerprint density at radius 1 is 0.694 bits per heavy atom. The van der Waals surface area contributed by atoms with E-state index < -0.39 is 59.8 Å². The maximum atomic E-state index is 13.9. The van der Waals surface area contributed by atoms with Gasteiger partial charge in [0.2, 0.25) is 5.91 Å². The summed E-state index contributed by atoms with van der Waals surface area (Å²) >= 11 is 0. The number of amides is 3. The average molecular weight is 676 g/mol. The van der Waals surface area contributed by atoms with E-state index in [0.29, 0.717) is 0 Å². The summed E-state index contributed by atoms with van der Waals surface area (Å²) < 4.78 is 16.0. The Balaban J connectivity index is 1.93. The van der Waals surface area contributed by atoms with Gasteiger partial charge in [0.05, 0.1) is 25.3 Å². The Bertz CT molecular complexity index is 1480. The van der Waals surface area contributed by atoms with Gasteiger partial charge in [-0.3, -0.25) is 9.59 Å². The summed E-state index contributed by atoms with van der Waals surface area (Å²) in [5.74, 6) is -3.09. The lowest BCUT2D eigenvalue weighted by molar-refractivity contribution is -0.152. The number of rotatable bonds is 15. The molecule has 3 aromatic rings. The molecule has 11 heteroatoms. The summed E-state index contributed by atoms with van der Waals surface area (Å²) in [6.45, 7) is 8.70. The molecule has 0 spiro atoms. The Hall–Kier alpha value is -4.90. The number of aliphatic hydroxyl groups excluding tert-OH is 1. The van der Waals surface area contributed by atoms with Crippen LogP contribution in [0.15, 0.2) is 91.0 Å². The highest BCUT2D eigenvalue weighted by molar-refractivity contribution is 5.86. The molecule has 0 heterocycles. The number of hydrogen-bond acceptors (Lipinski definition) is 8. The van der Waals surface area contributed by atoms with Crippen molar-refractivity contribution in [1.29, 1.82) is 0 Å². The van der Waals surface area contributed by atoms with Crippen molar-refractivity contribution in [2.75, 3.05) is 7.11 Å². The number of alkyl carbamates (subject to hydrolysis) is 2. The Morgan fingerprint density at radius 2 is 1.18 bits per heavy atom. The van der Waals surface area contributed by atoms with Crippen LogP contribution in [0.2, 0.25) is 0 Å². The van der Waals surface area contributed by atoms with Crippen molar-refractivity contribution in [2.24, 2.45) is 11.8 Å². The molecule has 11 nitrogen and oxygen atoms in total. The predicted molar refractivity (Wildman–Crippen MR) is 185 cm³/mol. The fourth-order valence-electron chi connectivity index (χ4n) is 5.35. The molecule has 0 unspecified atom stereocenters. The lowest BCUT2D eigenvalue weighted by Crippen LogP contribution is -2.60. The van der Waals surface area contributed by atoms with Crippen molar-refractivity contribution in [3.8, 4) is 0 Å². The first-order valence-corrected chi connectivity index (χ1v) is 16.4. The third-order valence-electron chi connectivity index (χ3n) is 7.75. The lowest BCUT2D eigenvalue weighted by Gasteiger charge is -2.35. The molecule has 0 saturated carbocycles. The number of hydrogen-bond donors (Lipinski definition) is 4. The number of methoxy groups -OCH3 is 1. The second-order valence-corrected chi connectivity index (χ2v) is 13.2. The van der Waals surface area contributed by atoms with E-state index in [1.54, 1.807) is 34.6 Å². The molecule has 3 amide bonds. The zero-order valence-corrected chi connectivity index (χ0v) is 29.1. The molecule has 264 valence electrons. The molecule has 0 aliphatic rings. The van der Waals surface area contributed by atoms with Crippen LogP contribution in [0.1, 0.15) is 51.3 Å². The molecule has 4 N–H and O–H groups in total. The Labute approximate surface area is 288 Å². The Morgan fingerprint density at radius 3 is 1.65 bits per heavy atom. The van der Waals surface area contributed by atoms with Crippen LogP contribution in [0.3, 0.4) is 0 Å². The third-order valence-corrected chi connectivity index (χ3v) is 7.75. The van der Waals surface area contributed by atoms with E-state index in [1.807, 2.05) is 91.0 Å². The first kappa shape index (κ1) is 38.5. The minimum atomic E-state index is -1.56. The summed E-state index contributed by atoms with van der Waals surface area (Å²) in [4.78, 5) is 53.2. The van der Waals surface area contributed by atoms with Gasteiger partial charge < -0.3 is 35.3 Å². The minimum absolute atomic E-state index is 0.0166. The third kappa shape index (κ3) is 12.9. The van der Waals surface area contributed by atoms with E-state index in [9.17, 15) is 24.3 Å². The van der Waals surface area contributed by atoms with Gasteiger partial charge in [0, 0.05) is 0 Å². The molecule has 5 atom stereocenters. The SMILES string of the molecule is COC(=O)[C@H]([C@@H](O)[C@H](Cc1ccccc1)NC(=O)[C@@H](NC(=O)OCc1ccccc1)C(C)C)[C@H](Cc1ccccc1)NC(=O)OC(C)(C)C. The van der Waals surface area contributed by atoms with Crippen molar-refractivity contribution in [3.63, 3.8) is 0 Å². The lowest BCUT2D eigenvalue weighted by atomic mass is 9.83. The number of esters is 1. The van der Waals surface area contributed by atoms with Gasteiger partial charge in [0.15, 0.2) is 0 Å². The highest BCUT2D eigenvalue weighted by atomic mass is 16.6. The quantitative estimate of drug-likeness (QED) is 0.131. The topological polar surface area (TPSA) is 152 Å². The number of aliphatic hydroxyl groups is 1. The van der Waals surface area contributed by atoms with E-state index >= 15 is 0 Å². The summed E-state index contributed by atoms with van der Waals surface area (Å²) in [7, 11) is 1.19. The number of carbonyl (C=O) groups is 4. The van der Waals surface area contributed by atoms with Crippen molar-refractivity contribution < 1.29 is 38.5 Å². The van der Waals surface area contributed by atoms with Crippen LogP contribution in [0, 0.1) is 11.8 Å². The molecule has 0 fully saturated rings. The van der Waals surface area contributed by atoms with Crippen molar-refractivity contribution in [3.05, 3.63) is 108 Å². The van der Waals surface area contributed by atoms with Crippen LogP contribution in [0.25, 0.3) is 0 Å². The first-order chi connectivity index (χ1) is 23.3. The summed E-state index contributed by atoms with van der Waals surface area (Å²) in [6, 6.07) is 24.4. The van der Waals surface area contributed by atoms with Gasteiger partial charge in [-0.1, -0.05) is 105 Å².